The van der Waals surface area contributed by atoms with Gasteiger partial charge in [0.15, 0.2) is 0 Å². The van der Waals surface area contributed by atoms with Crippen molar-refractivity contribution in [2.24, 2.45) is 0 Å². The van der Waals surface area contributed by atoms with Gasteiger partial charge in [-0.15, -0.1) is 0 Å². The number of nitrogens with zero attached hydrogens (tertiary/aromatic N) is 2. The van der Waals surface area contributed by atoms with Crippen molar-refractivity contribution in [3.05, 3.63) is 12.2 Å². The van der Waals surface area contributed by atoms with E-state index in [9.17, 15) is 18.0 Å². The molecule has 0 radical (unpaired) electrons. The minimum Gasteiger partial charge on any atom is -0.332 e. The average Bonchev–Trinajstić information content (AvgIpc) is 2.27. The lowest BCUT2D eigenvalue weighted by molar-refractivity contribution is -0.167. The predicted molar refractivity (Wildman–Crippen MR) is 67.7 cm³/mol. The molecule has 0 spiro atoms. The van der Waals surface area contributed by atoms with Gasteiger partial charge in [-0.3, -0.25) is 9.69 Å². The lowest BCUT2D eigenvalue weighted by atomic mass is 10.0. The Bertz CT molecular complexity index is 341. The van der Waals surface area contributed by atoms with E-state index in [4.69, 9.17) is 0 Å². The van der Waals surface area contributed by atoms with E-state index < -0.39 is 24.7 Å². The zero-order chi connectivity index (χ0) is 14.6. The van der Waals surface area contributed by atoms with Gasteiger partial charge in [0, 0.05) is 13.1 Å². The van der Waals surface area contributed by atoms with Crippen LogP contribution in [0, 0.1) is 0 Å². The lowest BCUT2D eigenvalue weighted by Crippen LogP contribution is -2.54. The van der Waals surface area contributed by atoms with Gasteiger partial charge >= 0.3 is 6.18 Å². The van der Waals surface area contributed by atoms with Gasteiger partial charge in [-0.2, -0.15) is 13.2 Å². The van der Waals surface area contributed by atoms with Gasteiger partial charge < -0.3 is 4.90 Å². The number of halogens is 3. The van der Waals surface area contributed by atoms with Crippen LogP contribution in [0.5, 0.6) is 0 Å². The van der Waals surface area contributed by atoms with E-state index in [1.165, 1.54) is 0 Å². The summed E-state index contributed by atoms with van der Waals surface area (Å²) in [6, 6.07) is -0.446. The number of amides is 1. The lowest BCUT2D eigenvalue weighted by Gasteiger charge is -2.38. The van der Waals surface area contributed by atoms with Crippen LogP contribution in [0.25, 0.3) is 0 Å². The van der Waals surface area contributed by atoms with E-state index in [1.807, 2.05) is 18.7 Å². The second-order valence-corrected chi connectivity index (χ2v) is 5.05. The third-order valence-electron chi connectivity index (χ3n) is 3.19. The van der Waals surface area contributed by atoms with Crippen LogP contribution in [0.4, 0.5) is 13.2 Å². The number of piperidine rings is 1. The molecule has 0 aromatic heterocycles. The first-order valence-electron chi connectivity index (χ1n) is 6.48. The van der Waals surface area contributed by atoms with Crippen LogP contribution in [-0.4, -0.2) is 54.1 Å². The first-order valence-corrected chi connectivity index (χ1v) is 6.48. The summed E-state index contributed by atoms with van der Waals surface area (Å²) in [4.78, 5) is 15.0. The SMILES string of the molecule is C=C(C)CN(CC)[C@H]1CCCN(CC(F)(F)F)C1=O. The number of carbonyl (C=O) groups is 1. The number of hydrogen-bond donors (Lipinski definition) is 0. The normalized spacial score (nSPS) is 21.1. The van der Waals surface area contributed by atoms with Gasteiger partial charge in [-0.25, -0.2) is 0 Å². The molecule has 110 valence electrons. The minimum atomic E-state index is -4.33. The van der Waals surface area contributed by atoms with Crippen molar-refractivity contribution >= 4 is 5.91 Å². The summed E-state index contributed by atoms with van der Waals surface area (Å²) in [5, 5.41) is 0. The highest BCUT2D eigenvalue weighted by Crippen LogP contribution is 2.23. The number of alkyl halides is 3. The molecule has 0 bridgehead atoms. The van der Waals surface area contributed by atoms with Crippen LogP contribution in [0.1, 0.15) is 26.7 Å². The summed E-state index contributed by atoms with van der Waals surface area (Å²) in [5.74, 6) is -0.410. The first-order chi connectivity index (χ1) is 8.74. The molecule has 1 aliphatic heterocycles. The fourth-order valence-electron chi connectivity index (χ4n) is 2.42. The summed E-state index contributed by atoms with van der Waals surface area (Å²) >= 11 is 0. The molecule has 0 aromatic rings. The van der Waals surface area contributed by atoms with E-state index in [0.29, 0.717) is 25.9 Å². The Morgan fingerprint density at radius 1 is 1.53 bits per heavy atom. The monoisotopic (exact) mass is 278 g/mol. The van der Waals surface area contributed by atoms with E-state index in [-0.39, 0.29) is 6.54 Å². The molecule has 6 heteroatoms. The number of likely N-dealkylation sites (N-methyl/N-ethyl adjacent to an activating group) is 1. The zero-order valence-corrected chi connectivity index (χ0v) is 11.5. The number of hydrogen-bond acceptors (Lipinski definition) is 2. The van der Waals surface area contributed by atoms with E-state index in [2.05, 4.69) is 6.58 Å². The molecule has 0 saturated carbocycles. The summed E-state index contributed by atoms with van der Waals surface area (Å²) in [6.07, 6.45) is -3.10. The van der Waals surface area contributed by atoms with Gasteiger partial charge in [0.05, 0.1) is 6.04 Å². The zero-order valence-electron chi connectivity index (χ0n) is 11.5. The van der Waals surface area contributed by atoms with Gasteiger partial charge in [0.25, 0.3) is 0 Å². The Morgan fingerprint density at radius 3 is 2.63 bits per heavy atom. The van der Waals surface area contributed by atoms with Crippen molar-refractivity contribution in [2.45, 2.75) is 38.9 Å². The molecule has 0 aromatic carbocycles. The molecular weight excluding hydrogens is 257 g/mol. The molecule has 1 atom stereocenters. The second-order valence-electron chi connectivity index (χ2n) is 5.05. The Balaban J connectivity index is 2.73. The highest BCUT2D eigenvalue weighted by atomic mass is 19.4. The fourth-order valence-corrected chi connectivity index (χ4v) is 2.42. The maximum absolute atomic E-state index is 12.4. The highest BCUT2D eigenvalue weighted by molar-refractivity contribution is 5.82. The van der Waals surface area contributed by atoms with Gasteiger partial charge in [-0.05, 0) is 26.3 Å². The topological polar surface area (TPSA) is 23.6 Å². The minimum absolute atomic E-state index is 0.194. The Morgan fingerprint density at radius 2 is 2.16 bits per heavy atom. The second kappa shape index (κ2) is 6.41. The van der Waals surface area contributed by atoms with Gasteiger partial charge in [-0.1, -0.05) is 19.1 Å². The molecule has 1 aliphatic rings. The van der Waals surface area contributed by atoms with Crippen molar-refractivity contribution in [1.29, 1.82) is 0 Å². The van der Waals surface area contributed by atoms with Crippen LogP contribution >= 0.6 is 0 Å². The van der Waals surface area contributed by atoms with Crippen LogP contribution in [0.2, 0.25) is 0 Å². The fraction of sp³-hybridized carbons (Fsp3) is 0.769. The molecule has 1 heterocycles. The molecule has 19 heavy (non-hydrogen) atoms. The smallest absolute Gasteiger partial charge is 0.332 e. The third-order valence-corrected chi connectivity index (χ3v) is 3.19. The molecule has 1 amide bonds. The van der Waals surface area contributed by atoms with Gasteiger partial charge in [0.2, 0.25) is 5.91 Å². The highest BCUT2D eigenvalue weighted by Gasteiger charge is 2.38. The Kier molecular flexibility index (Phi) is 5.40. The Labute approximate surface area is 112 Å². The standard InChI is InChI=1S/C13H21F3N2O/c1-4-17(8-10(2)3)11-6-5-7-18(12(11)19)9-13(14,15)16/h11H,2,4-9H2,1,3H3/t11-/m0/s1. The largest absolute Gasteiger partial charge is 0.406 e. The Hall–Kier alpha value is -1.04. The third kappa shape index (κ3) is 4.86. The molecule has 1 rings (SSSR count). The summed E-state index contributed by atoms with van der Waals surface area (Å²) in [6.45, 7) is 7.77. The average molecular weight is 278 g/mol. The molecule has 1 saturated heterocycles. The first kappa shape index (κ1) is 16.0. The van der Waals surface area contributed by atoms with Gasteiger partial charge in [0.1, 0.15) is 6.54 Å². The predicted octanol–water partition coefficient (Wildman–Crippen LogP) is 2.44. The molecule has 1 fully saturated rings. The summed E-state index contributed by atoms with van der Waals surface area (Å²) in [7, 11) is 0. The maximum atomic E-state index is 12.4. The van der Waals surface area contributed by atoms with Crippen molar-refractivity contribution in [2.75, 3.05) is 26.2 Å². The van der Waals surface area contributed by atoms with E-state index in [1.54, 1.807) is 0 Å². The van der Waals surface area contributed by atoms with Crippen LogP contribution in [-0.2, 0) is 4.79 Å². The number of rotatable bonds is 5. The molecule has 0 N–H and O–H groups in total. The van der Waals surface area contributed by atoms with Crippen molar-refractivity contribution in [1.82, 2.24) is 9.80 Å². The van der Waals surface area contributed by atoms with Crippen LogP contribution in [0.15, 0.2) is 12.2 Å². The van der Waals surface area contributed by atoms with Crippen LogP contribution < -0.4 is 0 Å². The van der Waals surface area contributed by atoms with E-state index in [0.717, 1.165) is 10.5 Å². The maximum Gasteiger partial charge on any atom is 0.406 e. The molecule has 0 aliphatic carbocycles. The quantitative estimate of drug-likeness (QED) is 0.721. The van der Waals surface area contributed by atoms with Crippen molar-refractivity contribution in [3.8, 4) is 0 Å². The molecule has 0 unspecified atom stereocenters. The van der Waals surface area contributed by atoms with Crippen LogP contribution in [0.3, 0.4) is 0 Å². The molecule has 3 nitrogen and oxygen atoms in total. The number of carbonyl (C=O) groups excluding carboxylic acids is 1. The summed E-state index contributed by atoms with van der Waals surface area (Å²) < 4.78 is 37.2. The number of likely N-dealkylation sites (tertiary alicyclic amines) is 1. The molecular formula is C13H21F3N2O. The summed E-state index contributed by atoms with van der Waals surface area (Å²) in [5.41, 5.74) is 0.905. The van der Waals surface area contributed by atoms with Crippen molar-refractivity contribution in [3.63, 3.8) is 0 Å². The van der Waals surface area contributed by atoms with E-state index >= 15 is 0 Å². The van der Waals surface area contributed by atoms with Crippen molar-refractivity contribution < 1.29 is 18.0 Å².